The van der Waals surface area contributed by atoms with Crippen molar-refractivity contribution in [3.05, 3.63) is 76.2 Å². The van der Waals surface area contributed by atoms with E-state index in [4.69, 9.17) is 0 Å². The smallest absolute Gasteiger partial charge is 0.259 e. The molecule has 0 saturated carbocycles. The van der Waals surface area contributed by atoms with Gasteiger partial charge in [0.2, 0.25) is 0 Å². The van der Waals surface area contributed by atoms with Crippen LogP contribution in [0.5, 0.6) is 0 Å². The Bertz CT molecular complexity index is 917. The summed E-state index contributed by atoms with van der Waals surface area (Å²) in [6.07, 6.45) is 1.73. The fourth-order valence-corrected chi connectivity index (χ4v) is 2.67. The standard InChI is InChI=1S/C20H24N4O/c1-15(2)23(3)14-17-9-5-4-8-16(17)13-21-18-12-20(25)24-11-7-6-10-19(24)22-18/h4-12,15,21H,13-14H2,1-3H3. The van der Waals surface area contributed by atoms with E-state index in [0.717, 1.165) is 6.54 Å². The highest BCUT2D eigenvalue weighted by Gasteiger charge is 2.08. The van der Waals surface area contributed by atoms with Crippen molar-refractivity contribution in [2.45, 2.75) is 33.0 Å². The van der Waals surface area contributed by atoms with Crippen LogP contribution in [0.1, 0.15) is 25.0 Å². The third-order valence-electron chi connectivity index (χ3n) is 4.45. The Hall–Kier alpha value is -2.66. The van der Waals surface area contributed by atoms with Crippen molar-refractivity contribution in [2.24, 2.45) is 0 Å². The summed E-state index contributed by atoms with van der Waals surface area (Å²) in [6.45, 7) is 5.90. The number of fused-ring (bicyclic) bond motifs is 1. The van der Waals surface area contributed by atoms with Crippen LogP contribution in [0.25, 0.3) is 5.65 Å². The predicted octanol–water partition coefficient (Wildman–Crippen LogP) is 3.15. The molecule has 0 saturated heterocycles. The van der Waals surface area contributed by atoms with Crippen LogP contribution < -0.4 is 10.9 Å². The SMILES string of the molecule is CC(C)N(C)Cc1ccccc1CNc1cc(=O)n2ccccc2n1. The Morgan fingerprint density at radius 1 is 1.12 bits per heavy atom. The summed E-state index contributed by atoms with van der Waals surface area (Å²) in [5.74, 6) is 0.600. The molecular weight excluding hydrogens is 312 g/mol. The van der Waals surface area contributed by atoms with Gasteiger partial charge in [0.15, 0.2) is 0 Å². The number of nitrogens with zero attached hydrogens (tertiary/aromatic N) is 3. The number of pyridine rings is 1. The summed E-state index contributed by atoms with van der Waals surface area (Å²) in [7, 11) is 2.13. The van der Waals surface area contributed by atoms with Gasteiger partial charge in [-0.1, -0.05) is 30.3 Å². The second-order valence-corrected chi connectivity index (χ2v) is 6.54. The van der Waals surface area contributed by atoms with E-state index in [9.17, 15) is 4.79 Å². The zero-order valence-electron chi connectivity index (χ0n) is 14.9. The molecule has 0 bridgehead atoms. The summed E-state index contributed by atoms with van der Waals surface area (Å²) in [5, 5.41) is 3.29. The fraction of sp³-hybridized carbons (Fsp3) is 0.300. The summed E-state index contributed by atoms with van der Waals surface area (Å²) < 4.78 is 1.54. The molecule has 1 N–H and O–H groups in total. The van der Waals surface area contributed by atoms with Crippen LogP contribution in [0.15, 0.2) is 59.5 Å². The number of rotatable bonds is 6. The van der Waals surface area contributed by atoms with Crippen LogP contribution >= 0.6 is 0 Å². The number of hydrogen-bond donors (Lipinski definition) is 1. The van der Waals surface area contributed by atoms with E-state index < -0.39 is 0 Å². The molecule has 0 fully saturated rings. The van der Waals surface area contributed by atoms with Crippen LogP contribution in [-0.2, 0) is 13.1 Å². The van der Waals surface area contributed by atoms with Crippen LogP contribution in [-0.4, -0.2) is 27.4 Å². The van der Waals surface area contributed by atoms with Gasteiger partial charge in [0.1, 0.15) is 11.5 Å². The summed E-state index contributed by atoms with van der Waals surface area (Å²) >= 11 is 0. The van der Waals surface area contributed by atoms with Gasteiger partial charge in [0, 0.05) is 31.4 Å². The lowest BCUT2D eigenvalue weighted by Crippen LogP contribution is -2.26. The number of benzene rings is 1. The van der Waals surface area contributed by atoms with Crippen molar-refractivity contribution in [1.82, 2.24) is 14.3 Å². The van der Waals surface area contributed by atoms with Gasteiger partial charge in [-0.05, 0) is 44.2 Å². The maximum absolute atomic E-state index is 12.2. The van der Waals surface area contributed by atoms with E-state index in [1.54, 1.807) is 6.20 Å². The maximum atomic E-state index is 12.2. The molecule has 0 unspecified atom stereocenters. The first-order chi connectivity index (χ1) is 12.0. The number of aromatic nitrogens is 2. The molecule has 0 amide bonds. The molecule has 0 aliphatic rings. The molecule has 0 spiro atoms. The largest absolute Gasteiger partial charge is 0.366 e. The second kappa shape index (κ2) is 7.49. The minimum atomic E-state index is -0.0825. The highest BCUT2D eigenvalue weighted by atomic mass is 16.1. The van der Waals surface area contributed by atoms with Gasteiger partial charge < -0.3 is 5.32 Å². The van der Waals surface area contributed by atoms with Gasteiger partial charge in [-0.25, -0.2) is 4.98 Å². The average molecular weight is 336 g/mol. The van der Waals surface area contributed by atoms with E-state index in [1.165, 1.54) is 21.6 Å². The summed E-state index contributed by atoms with van der Waals surface area (Å²) in [4.78, 5) is 19.0. The molecule has 2 heterocycles. The third-order valence-corrected chi connectivity index (χ3v) is 4.45. The molecule has 0 atom stereocenters. The van der Waals surface area contributed by atoms with Crippen LogP contribution in [0.4, 0.5) is 5.82 Å². The molecule has 3 aromatic rings. The first kappa shape index (κ1) is 17.2. The molecule has 0 radical (unpaired) electrons. The minimum Gasteiger partial charge on any atom is -0.366 e. The molecule has 130 valence electrons. The molecule has 3 rings (SSSR count). The van der Waals surface area contributed by atoms with Crippen molar-refractivity contribution < 1.29 is 0 Å². The van der Waals surface area contributed by atoms with E-state index >= 15 is 0 Å². The molecule has 5 heteroatoms. The van der Waals surface area contributed by atoms with Crippen molar-refractivity contribution in [3.63, 3.8) is 0 Å². The number of anilines is 1. The van der Waals surface area contributed by atoms with Crippen LogP contribution in [0, 0.1) is 0 Å². The predicted molar refractivity (Wildman–Crippen MR) is 102 cm³/mol. The fourth-order valence-electron chi connectivity index (χ4n) is 2.67. The molecule has 0 aliphatic carbocycles. The van der Waals surface area contributed by atoms with Gasteiger partial charge >= 0.3 is 0 Å². The third kappa shape index (κ3) is 4.06. The minimum absolute atomic E-state index is 0.0825. The molecule has 0 aliphatic heterocycles. The quantitative estimate of drug-likeness (QED) is 0.751. The van der Waals surface area contributed by atoms with E-state index in [-0.39, 0.29) is 5.56 Å². The first-order valence-corrected chi connectivity index (χ1v) is 8.54. The Morgan fingerprint density at radius 2 is 1.84 bits per heavy atom. The van der Waals surface area contributed by atoms with Gasteiger partial charge in [0.25, 0.3) is 5.56 Å². The Balaban J connectivity index is 1.79. The van der Waals surface area contributed by atoms with Crippen molar-refractivity contribution in [2.75, 3.05) is 12.4 Å². The Morgan fingerprint density at radius 3 is 2.60 bits per heavy atom. The van der Waals surface area contributed by atoms with Gasteiger partial charge in [-0.3, -0.25) is 14.1 Å². The van der Waals surface area contributed by atoms with Crippen LogP contribution in [0.3, 0.4) is 0 Å². The Labute approximate surface area is 147 Å². The van der Waals surface area contributed by atoms with E-state index in [1.807, 2.05) is 24.3 Å². The lowest BCUT2D eigenvalue weighted by atomic mass is 10.1. The Kier molecular flexibility index (Phi) is 5.14. The molecule has 25 heavy (non-hydrogen) atoms. The van der Waals surface area contributed by atoms with Gasteiger partial charge in [0.05, 0.1) is 0 Å². The zero-order valence-corrected chi connectivity index (χ0v) is 14.9. The first-order valence-electron chi connectivity index (χ1n) is 8.54. The van der Waals surface area contributed by atoms with E-state index in [2.05, 4.69) is 54.3 Å². The summed E-state index contributed by atoms with van der Waals surface area (Å²) in [6, 6.07) is 15.9. The molecule has 1 aromatic carbocycles. The highest BCUT2D eigenvalue weighted by molar-refractivity contribution is 5.46. The summed E-state index contributed by atoms with van der Waals surface area (Å²) in [5.41, 5.74) is 3.06. The monoisotopic (exact) mass is 336 g/mol. The average Bonchev–Trinajstić information content (AvgIpc) is 2.61. The normalized spacial score (nSPS) is 11.4. The maximum Gasteiger partial charge on any atom is 0.259 e. The lowest BCUT2D eigenvalue weighted by molar-refractivity contribution is 0.265. The van der Waals surface area contributed by atoms with Crippen molar-refractivity contribution in [1.29, 1.82) is 0 Å². The van der Waals surface area contributed by atoms with Crippen molar-refractivity contribution in [3.8, 4) is 0 Å². The van der Waals surface area contributed by atoms with Gasteiger partial charge in [-0.15, -0.1) is 0 Å². The topological polar surface area (TPSA) is 49.6 Å². The van der Waals surface area contributed by atoms with Gasteiger partial charge in [-0.2, -0.15) is 0 Å². The molecule has 2 aromatic heterocycles. The van der Waals surface area contributed by atoms with E-state index in [0.29, 0.717) is 24.1 Å². The lowest BCUT2D eigenvalue weighted by Gasteiger charge is -2.22. The zero-order chi connectivity index (χ0) is 17.8. The number of nitrogens with one attached hydrogen (secondary N) is 1. The van der Waals surface area contributed by atoms with Crippen LogP contribution in [0.2, 0.25) is 0 Å². The molecular formula is C20H24N4O. The number of hydrogen-bond acceptors (Lipinski definition) is 4. The van der Waals surface area contributed by atoms with Crippen molar-refractivity contribution >= 4 is 11.5 Å². The highest BCUT2D eigenvalue weighted by Crippen LogP contribution is 2.14. The molecule has 5 nitrogen and oxygen atoms in total. The second-order valence-electron chi connectivity index (χ2n) is 6.54.